The maximum Gasteiger partial charge on any atom is 0.322 e. The van der Waals surface area contributed by atoms with Gasteiger partial charge >= 0.3 is 5.92 Å². The fourth-order valence-electron chi connectivity index (χ4n) is 0.723. The number of hydrogen-bond acceptors (Lipinski definition) is 2. The fraction of sp³-hybridized carbons (Fsp3) is 0.429. The highest BCUT2D eigenvalue weighted by Gasteiger charge is 2.32. The minimum atomic E-state index is -3.37. The summed E-state index contributed by atoms with van der Waals surface area (Å²) in [6, 6.07) is 1.43. The van der Waals surface area contributed by atoms with Gasteiger partial charge in [0.25, 0.3) is 5.91 Å². The lowest BCUT2D eigenvalue weighted by Crippen LogP contribution is -2.31. The third-order valence-electron chi connectivity index (χ3n) is 1.46. The predicted octanol–water partition coefficient (Wildman–Crippen LogP) is 1.01. The van der Waals surface area contributed by atoms with E-state index in [0.29, 0.717) is 6.92 Å². The van der Waals surface area contributed by atoms with Crippen LogP contribution in [0.5, 0.6) is 0 Å². The number of nitrogens with zero attached hydrogens (tertiary/aromatic N) is 2. The number of alkyl halides is 2. The number of aryl methyl sites for hydroxylation is 1. The number of aromatic nitrogens is 2. The first-order valence-corrected chi connectivity index (χ1v) is 3.58. The highest BCUT2D eigenvalue weighted by atomic mass is 19.3. The van der Waals surface area contributed by atoms with E-state index in [0.717, 1.165) is 0 Å². The van der Waals surface area contributed by atoms with Crippen molar-refractivity contribution in [2.24, 2.45) is 7.05 Å². The normalized spacial score (nSPS) is 11.4. The van der Waals surface area contributed by atoms with Gasteiger partial charge < -0.3 is 5.32 Å². The summed E-state index contributed by atoms with van der Waals surface area (Å²) in [6.07, 6.45) is 1.41. The molecule has 1 aromatic heterocycles. The lowest BCUT2D eigenvalue weighted by molar-refractivity contribution is -0.137. The van der Waals surface area contributed by atoms with Crippen LogP contribution >= 0.6 is 0 Å². The Bertz CT molecular complexity index is 316. The van der Waals surface area contributed by atoms with Crippen LogP contribution in [0, 0.1) is 0 Å². The second kappa shape index (κ2) is 3.12. The van der Waals surface area contributed by atoms with Crippen LogP contribution in [0.15, 0.2) is 12.3 Å². The molecule has 1 heterocycles. The molecule has 0 saturated heterocycles. The SMILES string of the molecule is Cn1nccc1NC(=O)C(C)(F)F. The average molecular weight is 189 g/mol. The molecule has 0 bridgehead atoms. The van der Waals surface area contributed by atoms with Gasteiger partial charge in [0.1, 0.15) is 5.82 Å². The molecule has 0 saturated carbocycles. The molecule has 0 radical (unpaired) electrons. The predicted molar refractivity (Wildman–Crippen MR) is 42.5 cm³/mol. The molecule has 0 aromatic carbocycles. The van der Waals surface area contributed by atoms with Gasteiger partial charge in [-0.05, 0) is 0 Å². The van der Waals surface area contributed by atoms with E-state index in [1.807, 2.05) is 5.32 Å². The Morgan fingerprint density at radius 3 is 2.69 bits per heavy atom. The van der Waals surface area contributed by atoms with Crippen molar-refractivity contribution in [3.05, 3.63) is 12.3 Å². The van der Waals surface area contributed by atoms with Gasteiger partial charge in [0.15, 0.2) is 0 Å². The minimum absolute atomic E-state index is 0.242. The van der Waals surface area contributed by atoms with Gasteiger partial charge in [-0.1, -0.05) is 0 Å². The number of halogens is 2. The first kappa shape index (κ1) is 9.63. The van der Waals surface area contributed by atoms with Crippen LogP contribution in [0.2, 0.25) is 0 Å². The number of rotatable bonds is 2. The fourth-order valence-corrected chi connectivity index (χ4v) is 0.723. The lowest BCUT2D eigenvalue weighted by Gasteiger charge is -2.10. The summed E-state index contributed by atoms with van der Waals surface area (Å²) in [5, 5.41) is 5.75. The Kier molecular flexibility index (Phi) is 2.31. The molecule has 72 valence electrons. The molecule has 0 atom stereocenters. The zero-order chi connectivity index (χ0) is 10.1. The monoisotopic (exact) mass is 189 g/mol. The van der Waals surface area contributed by atoms with Crippen molar-refractivity contribution in [1.82, 2.24) is 9.78 Å². The minimum Gasteiger partial charge on any atom is -0.306 e. The topological polar surface area (TPSA) is 46.9 Å². The van der Waals surface area contributed by atoms with Crippen molar-refractivity contribution >= 4 is 11.7 Å². The molecule has 13 heavy (non-hydrogen) atoms. The van der Waals surface area contributed by atoms with Crippen LogP contribution in [-0.4, -0.2) is 21.6 Å². The molecule has 0 fully saturated rings. The van der Waals surface area contributed by atoms with Gasteiger partial charge in [-0.3, -0.25) is 9.48 Å². The first-order chi connectivity index (χ1) is 5.91. The second-order valence-electron chi connectivity index (χ2n) is 2.68. The highest BCUT2D eigenvalue weighted by Crippen LogP contribution is 2.14. The zero-order valence-electron chi connectivity index (χ0n) is 7.21. The Labute approximate surface area is 73.5 Å². The summed E-state index contributed by atoms with van der Waals surface area (Å²) in [7, 11) is 1.55. The van der Waals surface area contributed by atoms with Crippen LogP contribution in [0.4, 0.5) is 14.6 Å². The van der Waals surface area contributed by atoms with Crippen molar-refractivity contribution in [3.63, 3.8) is 0 Å². The van der Waals surface area contributed by atoms with Crippen LogP contribution < -0.4 is 5.32 Å². The van der Waals surface area contributed by atoms with Crippen molar-refractivity contribution < 1.29 is 13.6 Å². The van der Waals surface area contributed by atoms with E-state index in [-0.39, 0.29) is 5.82 Å². The molecular weight excluding hydrogens is 180 g/mol. The van der Waals surface area contributed by atoms with Crippen molar-refractivity contribution in [3.8, 4) is 0 Å². The lowest BCUT2D eigenvalue weighted by atomic mass is 10.3. The molecule has 1 amide bonds. The van der Waals surface area contributed by atoms with Crippen molar-refractivity contribution in [2.45, 2.75) is 12.8 Å². The molecule has 0 aliphatic rings. The standard InChI is InChI=1S/C7H9F2N3O/c1-7(8,9)6(13)11-5-3-4-10-12(5)2/h3-4H,1-2H3,(H,11,13). The number of carbonyl (C=O) groups excluding carboxylic acids is 1. The molecule has 0 aliphatic heterocycles. The van der Waals surface area contributed by atoms with E-state index < -0.39 is 11.8 Å². The maximum absolute atomic E-state index is 12.4. The number of amides is 1. The number of carbonyl (C=O) groups is 1. The Balaban J connectivity index is 2.71. The maximum atomic E-state index is 12.4. The zero-order valence-corrected chi connectivity index (χ0v) is 7.21. The first-order valence-electron chi connectivity index (χ1n) is 3.58. The number of nitrogens with one attached hydrogen (secondary N) is 1. The summed E-state index contributed by atoms with van der Waals surface area (Å²) < 4.78 is 26.1. The van der Waals surface area contributed by atoms with E-state index in [9.17, 15) is 13.6 Å². The average Bonchev–Trinajstić information content (AvgIpc) is 2.34. The van der Waals surface area contributed by atoms with E-state index >= 15 is 0 Å². The largest absolute Gasteiger partial charge is 0.322 e. The van der Waals surface area contributed by atoms with Crippen LogP contribution in [0.1, 0.15) is 6.92 Å². The third kappa shape index (κ3) is 2.24. The van der Waals surface area contributed by atoms with E-state index in [2.05, 4.69) is 5.10 Å². The van der Waals surface area contributed by atoms with Crippen molar-refractivity contribution in [1.29, 1.82) is 0 Å². The Morgan fingerprint density at radius 1 is 1.69 bits per heavy atom. The van der Waals surface area contributed by atoms with Gasteiger partial charge in [-0.2, -0.15) is 13.9 Å². The van der Waals surface area contributed by atoms with Gasteiger partial charge in [0.05, 0.1) is 6.20 Å². The molecule has 1 aromatic rings. The van der Waals surface area contributed by atoms with Crippen LogP contribution in [-0.2, 0) is 11.8 Å². The van der Waals surface area contributed by atoms with Gasteiger partial charge in [0, 0.05) is 20.0 Å². The smallest absolute Gasteiger partial charge is 0.306 e. The molecular formula is C7H9F2N3O. The molecule has 0 aliphatic carbocycles. The van der Waals surface area contributed by atoms with Gasteiger partial charge in [-0.15, -0.1) is 0 Å². The third-order valence-corrected chi connectivity index (χ3v) is 1.46. The van der Waals surface area contributed by atoms with Crippen LogP contribution in [0.25, 0.3) is 0 Å². The van der Waals surface area contributed by atoms with Crippen molar-refractivity contribution in [2.75, 3.05) is 5.32 Å². The van der Waals surface area contributed by atoms with E-state index in [1.165, 1.54) is 16.9 Å². The number of hydrogen-bond donors (Lipinski definition) is 1. The molecule has 0 unspecified atom stereocenters. The van der Waals surface area contributed by atoms with E-state index in [4.69, 9.17) is 0 Å². The summed E-state index contributed by atoms with van der Waals surface area (Å²) >= 11 is 0. The summed E-state index contributed by atoms with van der Waals surface area (Å²) in [5.74, 6) is -4.47. The molecule has 0 spiro atoms. The van der Waals surface area contributed by atoms with E-state index in [1.54, 1.807) is 7.05 Å². The van der Waals surface area contributed by atoms with Crippen LogP contribution in [0.3, 0.4) is 0 Å². The molecule has 6 heteroatoms. The Hall–Kier alpha value is -1.46. The highest BCUT2D eigenvalue weighted by molar-refractivity contribution is 5.94. The molecule has 1 N–H and O–H groups in total. The van der Waals surface area contributed by atoms with Gasteiger partial charge in [0.2, 0.25) is 0 Å². The summed E-state index contributed by atoms with van der Waals surface area (Å²) in [6.45, 7) is 0.540. The quantitative estimate of drug-likeness (QED) is 0.754. The molecule has 1 rings (SSSR count). The van der Waals surface area contributed by atoms with Gasteiger partial charge in [-0.25, -0.2) is 0 Å². The number of anilines is 1. The summed E-state index contributed by atoms with van der Waals surface area (Å²) in [4.78, 5) is 10.8. The Morgan fingerprint density at radius 2 is 2.31 bits per heavy atom. The second-order valence-corrected chi connectivity index (χ2v) is 2.68. The molecule has 4 nitrogen and oxygen atoms in total. The summed E-state index contributed by atoms with van der Waals surface area (Å²) in [5.41, 5.74) is 0.